The summed E-state index contributed by atoms with van der Waals surface area (Å²) in [6, 6.07) is 5.08. The molecule has 0 heterocycles. The lowest BCUT2D eigenvalue weighted by Crippen LogP contribution is -2.27. The Labute approximate surface area is 117 Å². The fourth-order valence-corrected chi connectivity index (χ4v) is 2.53. The molecule has 1 fully saturated rings. The van der Waals surface area contributed by atoms with Crippen molar-refractivity contribution in [3.8, 4) is 0 Å². The average Bonchev–Trinajstić information content (AvgIpc) is 3.20. The summed E-state index contributed by atoms with van der Waals surface area (Å²) in [7, 11) is 0. The molecule has 2 N–H and O–H groups in total. The molecule has 20 heavy (non-hydrogen) atoms. The topological polar surface area (TPSA) is 29.3 Å². The van der Waals surface area contributed by atoms with Gasteiger partial charge in [0.05, 0.1) is 5.56 Å². The number of rotatable bonds is 6. The molecule has 1 aromatic carbocycles. The fourth-order valence-electron chi connectivity index (χ4n) is 2.53. The third kappa shape index (κ3) is 3.45. The van der Waals surface area contributed by atoms with Crippen LogP contribution in [-0.4, -0.2) is 19.1 Å². The standard InChI is InChI=1S/C15H21F3N2/c1-2-9-20(12-5-6-12)13-4-3-11(7-8-19)14(10-13)15(16,17)18/h3-4,10,12H,2,5-9,19H2,1H3. The van der Waals surface area contributed by atoms with Crippen molar-refractivity contribution in [3.05, 3.63) is 29.3 Å². The Morgan fingerprint density at radius 3 is 2.50 bits per heavy atom. The van der Waals surface area contributed by atoms with Crippen molar-refractivity contribution in [3.63, 3.8) is 0 Å². The molecule has 0 bridgehead atoms. The van der Waals surface area contributed by atoms with Crippen molar-refractivity contribution in [1.29, 1.82) is 0 Å². The Kier molecular flexibility index (Phi) is 4.58. The number of halogens is 3. The summed E-state index contributed by atoms with van der Waals surface area (Å²) in [4.78, 5) is 2.10. The van der Waals surface area contributed by atoms with E-state index in [-0.39, 0.29) is 18.5 Å². The molecular weight excluding hydrogens is 265 g/mol. The van der Waals surface area contributed by atoms with Gasteiger partial charge in [-0.3, -0.25) is 0 Å². The van der Waals surface area contributed by atoms with Crippen molar-refractivity contribution >= 4 is 5.69 Å². The van der Waals surface area contributed by atoms with E-state index >= 15 is 0 Å². The summed E-state index contributed by atoms with van der Waals surface area (Å²) < 4.78 is 39.5. The van der Waals surface area contributed by atoms with Crippen LogP contribution in [0.25, 0.3) is 0 Å². The second kappa shape index (κ2) is 6.04. The summed E-state index contributed by atoms with van der Waals surface area (Å²) in [5, 5.41) is 0. The molecule has 0 aliphatic heterocycles. The van der Waals surface area contributed by atoms with Crippen LogP contribution < -0.4 is 10.6 Å². The SMILES string of the molecule is CCCN(c1ccc(CCN)c(C(F)(F)F)c1)C1CC1. The Morgan fingerprint density at radius 2 is 2.00 bits per heavy atom. The molecule has 0 atom stereocenters. The molecular formula is C15H21F3N2. The Balaban J connectivity index is 2.34. The van der Waals surface area contributed by atoms with E-state index < -0.39 is 11.7 Å². The van der Waals surface area contributed by atoms with Crippen LogP contribution in [0.4, 0.5) is 18.9 Å². The molecule has 2 rings (SSSR count). The molecule has 0 aromatic heterocycles. The number of alkyl halides is 3. The van der Waals surface area contributed by atoms with Crippen molar-refractivity contribution in [2.24, 2.45) is 5.73 Å². The molecule has 112 valence electrons. The van der Waals surface area contributed by atoms with Crippen LogP contribution in [0, 0.1) is 0 Å². The summed E-state index contributed by atoms with van der Waals surface area (Å²) >= 11 is 0. The highest BCUT2D eigenvalue weighted by Gasteiger charge is 2.35. The first-order chi connectivity index (χ1) is 9.47. The summed E-state index contributed by atoms with van der Waals surface area (Å²) in [5.74, 6) is 0. The molecule has 1 aromatic rings. The van der Waals surface area contributed by atoms with Crippen molar-refractivity contribution in [1.82, 2.24) is 0 Å². The predicted octanol–water partition coefficient (Wildman–Crippen LogP) is 3.59. The van der Waals surface area contributed by atoms with Crippen LogP contribution in [0.3, 0.4) is 0 Å². The quantitative estimate of drug-likeness (QED) is 0.866. The largest absolute Gasteiger partial charge is 0.416 e. The van der Waals surface area contributed by atoms with Gasteiger partial charge < -0.3 is 10.6 Å². The number of anilines is 1. The van der Waals surface area contributed by atoms with Gasteiger partial charge in [-0.25, -0.2) is 0 Å². The number of hydrogen-bond acceptors (Lipinski definition) is 2. The molecule has 1 aliphatic carbocycles. The maximum atomic E-state index is 13.2. The Bertz CT molecular complexity index is 453. The number of nitrogens with two attached hydrogens (primary N) is 1. The highest BCUT2D eigenvalue weighted by molar-refractivity contribution is 5.53. The van der Waals surface area contributed by atoms with Crippen LogP contribution in [0.5, 0.6) is 0 Å². The monoisotopic (exact) mass is 286 g/mol. The highest BCUT2D eigenvalue weighted by atomic mass is 19.4. The zero-order chi connectivity index (χ0) is 14.8. The highest BCUT2D eigenvalue weighted by Crippen LogP contribution is 2.37. The third-order valence-electron chi connectivity index (χ3n) is 3.60. The molecule has 1 saturated carbocycles. The zero-order valence-corrected chi connectivity index (χ0v) is 11.7. The van der Waals surface area contributed by atoms with Gasteiger partial charge in [-0.05, 0) is 49.9 Å². The van der Waals surface area contributed by atoms with Gasteiger partial charge in [0, 0.05) is 18.3 Å². The first-order valence-corrected chi connectivity index (χ1v) is 7.14. The average molecular weight is 286 g/mol. The van der Waals surface area contributed by atoms with Crippen LogP contribution in [0.15, 0.2) is 18.2 Å². The number of benzene rings is 1. The molecule has 0 radical (unpaired) electrons. The van der Waals surface area contributed by atoms with Crippen LogP contribution in [-0.2, 0) is 12.6 Å². The van der Waals surface area contributed by atoms with E-state index in [0.717, 1.165) is 25.8 Å². The first-order valence-electron chi connectivity index (χ1n) is 7.14. The second-order valence-electron chi connectivity index (χ2n) is 5.30. The fraction of sp³-hybridized carbons (Fsp3) is 0.600. The number of nitrogens with zero attached hydrogens (tertiary/aromatic N) is 1. The van der Waals surface area contributed by atoms with E-state index in [1.165, 1.54) is 6.07 Å². The lowest BCUT2D eigenvalue weighted by atomic mass is 10.0. The molecule has 0 unspecified atom stereocenters. The Hall–Kier alpha value is -1.23. The minimum Gasteiger partial charge on any atom is -0.369 e. The lowest BCUT2D eigenvalue weighted by molar-refractivity contribution is -0.138. The molecule has 1 aliphatic rings. The zero-order valence-electron chi connectivity index (χ0n) is 11.7. The van der Waals surface area contributed by atoms with Gasteiger partial charge in [-0.1, -0.05) is 13.0 Å². The van der Waals surface area contributed by atoms with E-state index in [0.29, 0.717) is 11.7 Å². The van der Waals surface area contributed by atoms with Crippen molar-refractivity contribution < 1.29 is 13.2 Å². The summed E-state index contributed by atoms with van der Waals surface area (Å²) in [6.45, 7) is 3.07. The molecule has 5 heteroatoms. The van der Waals surface area contributed by atoms with Gasteiger partial charge in [0.1, 0.15) is 0 Å². The van der Waals surface area contributed by atoms with Gasteiger partial charge >= 0.3 is 6.18 Å². The molecule has 2 nitrogen and oxygen atoms in total. The van der Waals surface area contributed by atoms with Crippen molar-refractivity contribution in [2.75, 3.05) is 18.0 Å². The maximum absolute atomic E-state index is 13.2. The van der Waals surface area contributed by atoms with Gasteiger partial charge in [0.2, 0.25) is 0 Å². The van der Waals surface area contributed by atoms with Crippen LogP contribution in [0.1, 0.15) is 37.3 Å². The van der Waals surface area contributed by atoms with E-state index in [1.54, 1.807) is 12.1 Å². The number of hydrogen-bond donors (Lipinski definition) is 1. The van der Waals surface area contributed by atoms with E-state index in [1.807, 2.05) is 6.92 Å². The van der Waals surface area contributed by atoms with Gasteiger partial charge in [-0.2, -0.15) is 13.2 Å². The smallest absolute Gasteiger partial charge is 0.369 e. The molecule has 0 amide bonds. The van der Waals surface area contributed by atoms with Crippen molar-refractivity contribution in [2.45, 2.75) is 44.8 Å². The molecule has 0 spiro atoms. The summed E-state index contributed by atoms with van der Waals surface area (Å²) in [5.41, 5.74) is 5.83. The van der Waals surface area contributed by atoms with Gasteiger partial charge in [-0.15, -0.1) is 0 Å². The maximum Gasteiger partial charge on any atom is 0.416 e. The normalized spacial score (nSPS) is 15.4. The minimum atomic E-state index is -4.32. The first kappa shape index (κ1) is 15.2. The van der Waals surface area contributed by atoms with E-state index in [9.17, 15) is 13.2 Å². The summed E-state index contributed by atoms with van der Waals surface area (Å²) in [6.07, 6.45) is -0.978. The second-order valence-corrected chi connectivity index (χ2v) is 5.30. The lowest BCUT2D eigenvalue weighted by Gasteiger charge is -2.26. The van der Waals surface area contributed by atoms with Gasteiger partial charge in [0.25, 0.3) is 0 Å². The van der Waals surface area contributed by atoms with Crippen LogP contribution >= 0.6 is 0 Å². The van der Waals surface area contributed by atoms with E-state index in [4.69, 9.17) is 5.73 Å². The minimum absolute atomic E-state index is 0.226. The van der Waals surface area contributed by atoms with Crippen LogP contribution in [0.2, 0.25) is 0 Å². The Morgan fingerprint density at radius 1 is 1.30 bits per heavy atom. The molecule has 0 saturated heterocycles. The van der Waals surface area contributed by atoms with E-state index in [2.05, 4.69) is 4.90 Å². The third-order valence-corrected chi connectivity index (χ3v) is 3.60. The predicted molar refractivity (Wildman–Crippen MR) is 74.9 cm³/mol. The van der Waals surface area contributed by atoms with Gasteiger partial charge in [0.15, 0.2) is 0 Å².